The fraction of sp³-hybridized carbons (Fsp3) is 0.278. The highest BCUT2D eigenvalue weighted by Crippen LogP contribution is 2.27. The topological polar surface area (TPSA) is 133 Å². The smallest absolute Gasteiger partial charge is 0.316 e. The second-order valence-electron chi connectivity index (χ2n) is 7.21. The molecule has 8 nitrogen and oxygen atoms in total. The third-order valence-electron chi connectivity index (χ3n) is 3.71. The predicted octanol–water partition coefficient (Wildman–Crippen LogP) is 2.39. The number of nitrogens with two attached hydrogens (primary N) is 1. The molecular weight excluding hydrogens is 404 g/mol. The lowest BCUT2D eigenvalue weighted by Gasteiger charge is -2.18. The van der Waals surface area contributed by atoms with Gasteiger partial charge in [-0.1, -0.05) is 12.1 Å². The van der Waals surface area contributed by atoms with Gasteiger partial charge < -0.3 is 4.74 Å². The Kier molecular flexibility index (Phi) is 5.88. The number of aryl methyl sites for hydroxylation is 1. The van der Waals surface area contributed by atoms with Crippen molar-refractivity contribution < 1.29 is 26.4 Å². The summed E-state index contributed by atoms with van der Waals surface area (Å²) in [6, 6.07) is 9.37. The van der Waals surface area contributed by atoms with Gasteiger partial charge >= 0.3 is 5.97 Å². The number of sulfonamides is 2. The minimum absolute atomic E-state index is 0.121. The van der Waals surface area contributed by atoms with Crippen LogP contribution >= 0.6 is 0 Å². The zero-order chi connectivity index (χ0) is 21.3. The van der Waals surface area contributed by atoms with Crippen LogP contribution in [0, 0.1) is 12.3 Å². The standard InChI is InChI=1S/C18H22N2O6S2/c1-12-11-13(9-10-15(12)26-17(21)18(2,3)4)28(24,25)20-14-7-5-6-8-16(14)27(19,22)23/h5-11,20H,1-4H3,(H2,19,22,23). The molecule has 2 aromatic rings. The molecule has 0 spiro atoms. The van der Waals surface area contributed by atoms with Gasteiger partial charge in [0.1, 0.15) is 10.6 Å². The summed E-state index contributed by atoms with van der Waals surface area (Å²) in [5.41, 5.74) is -0.443. The van der Waals surface area contributed by atoms with Crippen molar-refractivity contribution in [2.24, 2.45) is 10.6 Å². The maximum atomic E-state index is 12.7. The molecule has 0 unspecified atom stereocenters. The molecular formula is C18H22N2O6S2. The highest BCUT2D eigenvalue weighted by atomic mass is 32.2. The Hall–Kier alpha value is -2.43. The summed E-state index contributed by atoms with van der Waals surface area (Å²) >= 11 is 0. The quantitative estimate of drug-likeness (QED) is 0.557. The van der Waals surface area contributed by atoms with Gasteiger partial charge in [0.25, 0.3) is 10.0 Å². The van der Waals surface area contributed by atoms with Crippen LogP contribution in [0.1, 0.15) is 26.3 Å². The van der Waals surface area contributed by atoms with E-state index in [0.29, 0.717) is 5.56 Å². The van der Waals surface area contributed by atoms with E-state index in [1.54, 1.807) is 27.7 Å². The molecule has 0 saturated carbocycles. The SMILES string of the molecule is Cc1cc(S(=O)(=O)Nc2ccccc2S(N)(=O)=O)ccc1OC(=O)C(C)(C)C. The van der Waals surface area contributed by atoms with E-state index in [1.165, 1.54) is 42.5 Å². The summed E-state index contributed by atoms with van der Waals surface area (Å²) < 4.78 is 56.2. The second-order valence-corrected chi connectivity index (χ2v) is 10.4. The molecule has 10 heteroatoms. The molecule has 2 rings (SSSR count). The largest absolute Gasteiger partial charge is 0.426 e. The first-order valence-electron chi connectivity index (χ1n) is 8.19. The maximum Gasteiger partial charge on any atom is 0.316 e. The van der Waals surface area contributed by atoms with Gasteiger partial charge in [0.15, 0.2) is 0 Å². The van der Waals surface area contributed by atoms with E-state index in [0.717, 1.165) is 0 Å². The third kappa shape index (κ3) is 5.09. The summed E-state index contributed by atoms with van der Waals surface area (Å²) in [7, 11) is -8.22. The molecule has 3 N–H and O–H groups in total. The maximum absolute atomic E-state index is 12.7. The lowest BCUT2D eigenvalue weighted by Crippen LogP contribution is -2.26. The molecule has 2 aromatic carbocycles. The molecule has 0 aliphatic heterocycles. The number of para-hydroxylation sites is 1. The number of esters is 1. The predicted molar refractivity (Wildman–Crippen MR) is 105 cm³/mol. The van der Waals surface area contributed by atoms with Crippen LogP contribution in [0.3, 0.4) is 0 Å². The van der Waals surface area contributed by atoms with E-state index in [9.17, 15) is 21.6 Å². The average molecular weight is 427 g/mol. The number of hydrogen-bond donors (Lipinski definition) is 2. The number of ether oxygens (including phenoxy) is 1. The van der Waals surface area contributed by atoms with Gasteiger partial charge in [0, 0.05) is 0 Å². The highest BCUT2D eigenvalue weighted by molar-refractivity contribution is 7.93. The Morgan fingerprint density at radius 2 is 1.64 bits per heavy atom. The van der Waals surface area contributed by atoms with Gasteiger partial charge in [-0.25, -0.2) is 22.0 Å². The molecule has 0 amide bonds. The molecule has 0 aliphatic carbocycles. The van der Waals surface area contributed by atoms with Crippen LogP contribution in [0.2, 0.25) is 0 Å². The van der Waals surface area contributed by atoms with Crippen LogP contribution in [0.25, 0.3) is 0 Å². The van der Waals surface area contributed by atoms with Crippen molar-refractivity contribution in [1.82, 2.24) is 0 Å². The molecule has 0 saturated heterocycles. The first-order chi connectivity index (χ1) is 12.7. The monoisotopic (exact) mass is 426 g/mol. The zero-order valence-electron chi connectivity index (χ0n) is 15.9. The van der Waals surface area contributed by atoms with E-state index in [-0.39, 0.29) is 21.2 Å². The van der Waals surface area contributed by atoms with Crippen molar-refractivity contribution in [3.8, 4) is 5.75 Å². The van der Waals surface area contributed by atoms with Crippen molar-refractivity contribution >= 4 is 31.7 Å². The van der Waals surface area contributed by atoms with E-state index in [4.69, 9.17) is 9.88 Å². The van der Waals surface area contributed by atoms with Gasteiger partial charge in [0.05, 0.1) is 16.0 Å². The number of carbonyl (C=O) groups is 1. The number of hydrogen-bond acceptors (Lipinski definition) is 6. The molecule has 0 atom stereocenters. The summed E-state index contributed by atoms with van der Waals surface area (Å²) in [5.74, 6) is -0.213. The summed E-state index contributed by atoms with van der Waals surface area (Å²) in [6.07, 6.45) is 0. The van der Waals surface area contributed by atoms with Crippen molar-refractivity contribution in [2.45, 2.75) is 37.5 Å². The van der Waals surface area contributed by atoms with Crippen LogP contribution < -0.4 is 14.6 Å². The van der Waals surface area contributed by atoms with Crippen LogP contribution in [0.5, 0.6) is 5.75 Å². The van der Waals surface area contributed by atoms with Gasteiger partial charge in [-0.3, -0.25) is 9.52 Å². The lowest BCUT2D eigenvalue weighted by atomic mass is 9.97. The fourth-order valence-electron chi connectivity index (χ4n) is 2.16. The summed E-state index contributed by atoms with van der Waals surface area (Å²) in [5, 5.41) is 5.13. The number of carbonyl (C=O) groups excluding carboxylic acids is 1. The van der Waals surface area contributed by atoms with E-state index >= 15 is 0 Å². The van der Waals surface area contributed by atoms with Crippen molar-refractivity contribution in [1.29, 1.82) is 0 Å². The van der Waals surface area contributed by atoms with Crippen molar-refractivity contribution in [2.75, 3.05) is 4.72 Å². The third-order valence-corrected chi connectivity index (χ3v) is 6.04. The molecule has 0 aromatic heterocycles. The number of primary sulfonamides is 1. The van der Waals surface area contributed by atoms with Gasteiger partial charge in [0.2, 0.25) is 10.0 Å². The van der Waals surface area contributed by atoms with E-state index in [1.807, 2.05) is 0 Å². The normalized spacial score (nSPS) is 12.5. The van der Waals surface area contributed by atoms with Crippen LogP contribution in [-0.4, -0.2) is 22.8 Å². The highest BCUT2D eigenvalue weighted by Gasteiger charge is 2.25. The minimum Gasteiger partial charge on any atom is -0.426 e. The second kappa shape index (κ2) is 7.53. The van der Waals surface area contributed by atoms with Gasteiger partial charge in [-0.2, -0.15) is 0 Å². The summed E-state index contributed by atoms with van der Waals surface area (Å²) in [6.45, 7) is 6.71. The Morgan fingerprint density at radius 1 is 1.04 bits per heavy atom. The van der Waals surface area contributed by atoms with Crippen LogP contribution in [0.15, 0.2) is 52.3 Å². The molecule has 0 fully saturated rings. The first kappa shape index (κ1) is 21.9. The number of rotatable bonds is 5. The van der Waals surface area contributed by atoms with Crippen molar-refractivity contribution in [3.63, 3.8) is 0 Å². The van der Waals surface area contributed by atoms with E-state index in [2.05, 4.69) is 4.72 Å². The Balaban J connectivity index is 2.36. The molecule has 0 bridgehead atoms. The zero-order valence-corrected chi connectivity index (χ0v) is 17.5. The number of nitrogens with one attached hydrogen (secondary N) is 1. The molecule has 0 radical (unpaired) electrons. The molecule has 28 heavy (non-hydrogen) atoms. The van der Waals surface area contributed by atoms with Gasteiger partial charge in [-0.15, -0.1) is 0 Å². The molecule has 152 valence electrons. The number of benzene rings is 2. The number of anilines is 1. The van der Waals surface area contributed by atoms with Crippen LogP contribution in [0.4, 0.5) is 5.69 Å². The average Bonchev–Trinajstić information content (AvgIpc) is 2.54. The van der Waals surface area contributed by atoms with Gasteiger partial charge in [-0.05, 0) is 63.6 Å². The van der Waals surface area contributed by atoms with Crippen molar-refractivity contribution in [3.05, 3.63) is 48.0 Å². The Labute approximate surface area is 164 Å². The Morgan fingerprint density at radius 3 is 2.18 bits per heavy atom. The Bertz CT molecular complexity index is 1120. The molecule has 0 aliphatic rings. The van der Waals surface area contributed by atoms with Crippen LogP contribution in [-0.2, 0) is 24.8 Å². The minimum atomic E-state index is -4.11. The first-order valence-corrected chi connectivity index (χ1v) is 11.2. The summed E-state index contributed by atoms with van der Waals surface area (Å²) in [4.78, 5) is 11.6. The molecule has 0 heterocycles. The van der Waals surface area contributed by atoms with E-state index < -0.39 is 31.4 Å². The lowest BCUT2D eigenvalue weighted by molar-refractivity contribution is -0.143. The fourth-order valence-corrected chi connectivity index (χ4v) is 4.08.